The first kappa shape index (κ1) is 19.7. The van der Waals surface area contributed by atoms with Crippen molar-refractivity contribution >= 4 is 39.5 Å². The summed E-state index contributed by atoms with van der Waals surface area (Å²) < 4.78 is 12.2. The minimum Gasteiger partial charge on any atom is -0.449 e. The minimum absolute atomic E-state index is 0.0533. The minimum atomic E-state index is -0.355. The molecular weight excluding hydrogens is 436 g/mol. The van der Waals surface area contributed by atoms with Gasteiger partial charge in [-0.25, -0.2) is 0 Å². The van der Waals surface area contributed by atoms with Crippen LogP contribution in [0.1, 0.15) is 18.4 Å². The smallest absolute Gasteiger partial charge is 0.294 e. The standard InChI is InChI=1S/C22H21BrN2O4/c23-17-8-2-1-6-15(17)12-20-22(27)25(18-9-3-4-10-19(18)29-20)14-21(26)24-13-16-7-5-11-28-16/h1-4,6,8-10,12,16H,5,7,11,13-14H2,(H,24,26)/b20-12+. The Morgan fingerprint density at radius 1 is 1.21 bits per heavy atom. The van der Waals surface area contributed by atoms with E-state index in [-0.39, 0.29) is 30.2 Å². The number of carbonyl (C=O) groups is 2. The molecular formula is C22H21BrN2O4. The second-order valence-corrected chi connectivity index (χ2v) is 7.78. The number of amides is 2. The maximum atomic E-state index is 13.1. The molecule has 2 aromatic rings. The Balaban J connectivity index is 1.55. The molecule has 2 amide bonds. The summed E-state index contributed by atoms with van der Waals surface area (Å²) in [6, 6.07) is 14.8. The number of benzene rings is 2. The van der Waals surface area contributed by atoms with Crippen molar-refractivity contribution in [2.75, 3.05) is 24.6 Å². The van der Waals surface area contributed by atoms with Crippen LogP contribution in [0.3, 0.4) is 0 Å². The average molecular weight is 457 g/mol. The van der Waals surface area contributed by atoms with Gasteiger partial charge in [0.1, 0.15) is 6.54 Å². The van der Waals surface area contributed by atoms with E-state index in [9.17, 15) is 9.59 Å². The lowest BCUT2D eigenvalue weighted by molar-refractivity contribution is -0.123. The van der Waals surface area contributed by atoms with Crippen molar-refractivity contribution < 1.29 is 19.1 Å². The summed E-state index contributed by atoms with van der Waals surface area (Å²) in [6.07, 6.45) is 3.69. The Bertz CT molecular complexity index is 953. The maximum absolute atomic E-state index is 13.1. The summed E-state index contributed by atoms with van der Waals surface area (Å²) in [4.78, 5) is 27.1. The molecule has 1 N–H and O–H groups in total. The molecule has 0 saturated carbocycles. The largest absolute Gasteiger partial charge is 0.449 e. The Morgan fingerprint density at radius 2 is 2.00 bits per heavy atom. The Morgan fingerprint density at radius 3 is 2.79 bits per heavy atom. The van der Waals surface area contributed by atoms with Gasteiger partial charge in [-0.05, 0) is 42.7 Å². The van der Waals surface area contributed by atoms with Gasteiger partial charge in [-0.3, -0.25) is 14.5 Å². The number of hydrogen-bond acceptors (Lipinski definition) is 4. The van der Waals surface area contributed by atoms with Crippen molar-refractivity contribution in [3.8, 4) is 5.75 Å². The highest BCUT2D eigenvalue weighted by Gasteiger charge is 2.31. The fraction of sp³-hybridized carbons (Fsp3) is 0.273. The molecule has 1 saturated heterocycles. The summed E-state index contributed by atoms with van der Waals surface area (Å²) in [5, 5.41) is 2.87. The Hall–Kier alpha value is -2.64. The summed E-state index contributed by atoms with van der Waals surface area (Å²) >= 11 is 3.48. The number of hydrogen-bond donors (Lipinski definition) is 1. The first-order valence-corrected chi connectivity index (χ1v) is 10.3. The van der Waals surface area contributed by atoms with E-state index in [0.717, 1.165) is 29.5 Å². The fourth-order valence-corrected chi connectivity index (χ4v) is 3.78. The summed E-state index contributed by atoms with van der Waals surface area (Å²) in [5.41, 5.74) is 1.40. The summed E-state index contributed by atoms with van der Waals surface area (Å²) in [6.45, 7) is 1.11. The zero-order chi connectivity index (χ0) is 20.2. The van der Waals surface area contributed by atoms with Gasteiger partial charge in [-0.2, -0.15) is 0 Å². The molecule has 2 heterocycles. The topological polar surface area (TPSA) is 67.9 Å². The molecule has 0 aromatic heterocycles. The van der Waals surface area contributed by atoms with Crippen molar-refractivity contribution in [2.24, 2.45) is 0 Å². The highest BCUT2D eigenvalue weighted by Crippen LogP contribution is 2.35. The van der Waals surface area contributed by atoms with E-state index < -0.39 is 0 Å². The van der Waals surface area contributed by atoms with Crippen LogP contribution in [0.15, 0.2) is 58.8 Å². The zero-order valence-electron chi connectivity index (χ0n) is 15.8. The molecule has 4 rings (SSSR count). The number of nitrogens with one attached hydrogen (secondary N) is 1. The average Bonchev–Trinajstić information content (AvgIpc) is 3.25. The second-order valence-electron chi connectivity index (χ2n) is 6.93. The lowest BCUT2D eigenvalue weighted by Gasteiger charge is -2.30. The molecule has 6 nitrogen and oxygen atoms in total. The molecule has 7 heteroatoms. The van der Waals surface area contributed by atoms with E-state index in [2.05, 4.69) is 21.2 Å². The fourth-order valence-electron chi connectivity index (χ4n) is 3.39. The quantitative estimate of drug-likeness (QED) is 0.698. The zero-order valence-corrected chi connectivity index (χ0v) is 17.4. The molecule has 2 aliphatic heterocycles. The van der Waals surface area contributed by atoms with Crippen molar-refractivity contribution in [3.05, 3.63) is 64.3 Å². The molecule has 0 bridgehead atoms. The number of rotatable bonds is 5. The van der Waals surface area contributed by atoms with Crippen molar-refractivity contribution in [3.63, 3.8) is 0 Å². The van der Waals surface area contributed by atoms with Gasteiger partial charge in [0.05, 0.1) is 11.8 Å². The monoisotopic (exact) mass is 456 g/mol. The van der Waals surface area contributed by atoms with E-state index in [1.807, 2.05) is 36.4 Å². The molecule has 0 aliphatic carbocycles. The molecule has 1 atom stereocenters. The number of fused-ring (bicyclic) bond motifs is 1. The van der Waals surface area contributed by atoms with E-state index in [1.54, 1.807) is 18.2 Å². The van der Waals surface area contributed by atoms with E-state index in [0.29, 0.717) is 18.0 Å². The SMILES string of the molecule is O=C(CN1C(=O)/C(=C\c2ccccc2Br)Oc2ccccc21)NCC1CCCO1. The predicted molar refractivity (Wildman–Crippen MR) is 114 cm³/mol. The first-order chi connectivity index (χ1) is 14.1. The summed E-state index contributed by atoms with van der Waals surface area (Å²) in [5.74, 6) is 0.123. The molecule has 0 radical (unpaired) electrons. The van der Waals surface area contributed by atoms with E-state index in [4.69, 9.17) is 9.47 Å². The third-order valence-corrected chi connectivity index (χ3v) is 5.60. The molecule has 1 unspecified atom stereocenters. The molecule has 1 fully saturated rings. The number of carbonyl (C=O) groups excluding carboxylic acids is 2. The van der Waals surface area contributed by atoms with Gasteiger partial charge in [-0.1, -0.05) is 46.3 Å². The van der Waals surface area contributed by atoms with E-state index in [1.165, 1.54) is 4.90 Å². The Kier molecular flexibility index (Phi) is 5.97. The van der Waals surface area contributed by atoms with Crippen LogP contribution in [-0.4, -0.2) is 37.6 Å². The van der Waals surface area contributed by atoms with Gasteiger partial charge >= 0.3 is 0 Å². The van der Waals surface area contributed by atoms with E-state index >= 15 is 0 Å². The second kappa shape index (κ2) is 8.80. The maximum Gasteiger partial charge on any atom is 0.294 e. The van der Waals surface area contributed by atoms with Crippen LogP contribution in [0, 0.1) is 0 Å². The third-order valence-electron chi connectivity index (χ3n) is 4.88. The van der Waals surface area contributed by atoms with Crippen LogP contribution in [-0.2, 0) is 14.3 Å². The van der Waals surface area contributed by atoms with Gasteiger partial charge in [0, 0.05) is 17.6 Å². The number of anilines is 1. The van der Waals surface area contributed by atoms with Crippen molar-refractivity contribution in [2.45, 2.75) is 18.9 Å². The molecule has 0 spiro atoms. The highest BCUT2D eigenvalue weighted by molar-refractivity contribution is 9.10. The molecule has 2 aromatic carbocycles. The van der Waals surface area contributed by atoms with Crippen LogP contribution in [0.5, 0.6) is 5.75 Å². The molecule has 150 valence electrons. The lowest BCUT2D eigenvalue weighted by atomic mass is 10.1. The predicted octanol–water partition coefficient (Wildman–Crippen LogP) is 3.51. The normalized spacial score (nSPS) is 19.8. The first-order valence-electron chi connectivity index (χ1n) is 9.55. The molecule has 29 heavy (non-hydrogen) atoms. The number of halogens is 1. The van der Waals surface area contributed by atoms with Crippen molar-refractivity contribution in [1.29, 1.82) is 0 Å². The number of ether oxygens (including phenoxy) is 2. The number of nitrogens with zero attached hydrogens (tertiary/aromatic N) is 1. The van der Waals surface area contributed by atoms with Gasteiger partial charge in [0.25, 0.3) is 5.91 Å². The van der Waals surface area contributed by atoms with Gasteiger partial charge in [0.2, 0.25) is 5.91 Å². The lowest BCUT2D eigenvalue weighted by Crippen LogP contribution is -2.45. The van der Waals surface area contributed by atoms with Crippen LogP contribution in [0.2, 0.25) is 0 Å². The number of para-hydroxylation sites is 2. The summed E-state index contributed by atoms with van der Waals surface area (Å²) in [7, 11) is 0. The van der Waals surface area contributed by atoms with Crippen LogP contribution in [0.25, 0.3) is 6.08 Å². The van der Waals surface area contributed by atoms with Crippen LogP contribution < -0.4 is 15.0 Å². The Labute approximate surface area is 177 Å². The van der Waals surface area contributed by atoms with Crippen LogP contribution >= 0.6 is 15.9 Å². The third kappa shape index (κ3) is 4.52. The van der Waals surface area contributed by atoms with Gasteiger partial charge in [-0.15, -0.1) is 0 Å². The van der Waals surface area contributed by atoms with Gasteiger partial charge < -0.3 is 14.8 Å². The highest BCUT2D eigenvalue weighted by atomic mass is 79.9. The van der Waals surface area contributed by atoms with Crippen molar-refractivity contribution in [1.82, 2.24) is 5.32 Å². The van der Waals surface area contributed by atoms with Crippen LogP contribution in [0.4, 0.5) is 5.69 Å². The molecule has 2 aliphatic rings. The van der Waals surface area contributed by atoms with Gasteiger partial charge in [0.15, 0.2) is 11.5 Å².